The summed E-state index contributed by atoms with van der Waals surface area (Å²) < 4.78 is 26.9. The van der Waals surface area contributed by atoms with E-state index in [1.807, 2.05) is 25.1 Å². The van der Waals surface area contributed by atoms with E-state index < -0.39 is 10.0 Å². The lowest BCUT2D eigenvalue weighted by Crippen LogP contribution is -2.29. The summed E-state index contributed by atoms with van der Waals surface area (Å²) in [7, 11) is -2.00. The molecule has 0 N–H and O–H groups in total. The summed E-state index contributed by atoms with van der Waals surface area (Å²) in [5.74, 6) is 0.301. The highest BCUT2D eigenvalue weighted by Gasteiger charge is 2.28. The summed E-state index contributed by atoms with van der Waals surface area (Å²) in [5.41, 5.74) is 1.58. The van der Waals surface area contributed by atoms with E-state index in [9.17, 15) is 8.42 Å². The van der Waals surface area contributed by atoms with E-state index in [1.54, 1.807) is 24.6 Å². The first-order valence-electron chi connectivity index (χ1n) is 6.23. The van der Waals surface area contributed by atoms with Gasteiger partial charge in [0.25, 0.3) is 10.0 Å². The van der Waals surface area contributed by atoms with E-state index in [0.717, 1.165) is 11.1 Å². The molecule has 0 radical (unpaired) electrons. The summed E-state index contributed by atoms with van der Waals surface area (Å²) in [6, 6.07) is 8.50. The molecule has 1 atom stereocenters. The molecule has 1 heterocycles. The van der Waals surface area contributed by atoms with Gasteiger partial charge in [0.15, 0.2) is 0 Å². The Morgan fingerprint density at radius 1 is 1.33 bits per heavy atom. The Hall–Kier alpha value is -0.590. The van der Waals surface area contributed by atoms with Crippen molar-refractivity contribution in [3.8, 4) is 0 Å². The molecule has 21 heavy (non-hydrogen) atoms. The highest BCUT2D eigenvalue weighted by atomic mass is 35.5. The molecular formula is C14H15Cl2NO2S2. The van der Waals surface area contributed by atoms with E-state index in [0.29, 0.717) is 15.1 Å². The first kappa shape index (κ1) is 16.8. The van der Waals surface area contributed by atoms with Crippen LogP contribution in [0, 0.1) is 0 Å². The van der Waals surface area contributed by atoms with Gasteiger partial charge in [0, 0.05) is 24.0 Å². The molecule has 0 spiro atoms. The number of benzene rings is 1. The second-order valence-electron chi connectivity index (χ2n) is 4.63. The molecule has 1 aromatic heterocycles. The van der Waals surface area contributed by atoms with Crippen LogP contribution < -0.4 is 0 Å². The molecule has 2 aromatic rings. The number of alkyl halides is 1. The maximum absolute atomic E-state index is 12.6. The highest BCUT2D eigenvalue weighted by Crippen LogP contribution is 2.32. The van der Waals surface area contributed by atoms with Crippen LogP contribution in [0.4, 0.5) is 0 Å². The van der Waals surface area contributed by atoms with Crippen LogP contribution in [-0.2, 0) is 15.9 Å². The molecule has 7 heteroatoms. The van der Waals surface area contributed by atoms with Crippen molar-refractivity contribution < 1.29 is 8.42 Å². The van der Waals surface area contributed by atoms with Gasteiger partial charge in [-0.25, -0.2) is 8.42 Å². The van der Waals surface area contributed by atoms with Crippen molar-refractivity contribution >= 4 is 44.6 Å². The van der Waals surface area contributed by atoms with Gasteiger partial charge in [0.2, 0.25) is 0 Å². The van der Waals surface area contributed by atoms with Crippen LogP contribution in [0.2, 0.25) is 5.02 Å². The molecule has 0 bridgehead atoms. The number of rotatable bonds is 5. The molecule has 0 amide bonds. The minimum Gasteiger partial charge on any atom is -0.206 e. The molecule has 1 unspecified atom stereocenters. The third-order valence-electron chi connectivity index (χ3n) is 3.32. The van der Waals surface area contributed by atoms with Crippen molar-refractivity contribution in [1.82, 2.24) is 4.31 Å². The smallest absolute Gasteiger partial charge is 0.206 e. The Morgan fingerprint density at radius 2 is 2.00 bits per heavy atom. The normalized spacial score (nSPS) is 13.6. The van der Waals surface area contributed by atoms with E-state index >= 15 is 0 Å². The number of hydrogen-bond acceptors (Lipinski definition) is 3. The predicted octanol–water partition coefficient (Wildman–Crippen LogP) is 4.52. The van der Waals surface area contributed by atoms with Crippen molar-refractivity contribution in [3.05, 3.63) is 51.9 Å². The zero-order valence-corrected chi connectivity index (χ0v) is 14.7. The van der Waals surface area contributed by atoms with E-state index in [4.69, 9.17) is 23.2 Å². The first-order chi connectivity index (χ1) is 9.87. The minimum absolute atomic E-state index is 0.291. The van der Waals surface area contributed by atoms with Crippen molar-refractivity contribution in [2.45, 2.75) is 23.1 Å². The summed E-state index contributed by atoms with van der Waals surface area (Å²) in [6.45, 7) is 1.81. The molecule has 0 aliphatic heterocycles. The topological polar surface area (TPSA) is 37.4 Å². The predicted molar refractivity (Wildman–Crippen MR) is 88.7 cm³/mol. The molecule has 114 valence electrons. The fourth-order valence-corrected chi connectivity index (χ4v) is 5.19. The van der Waals surface area contributed by atoms with Crippen molar-refractivity contribution in [3.63, 3.8) is 0 Å². The minimum atomic E-state index is -3.56. The van der Waals surface area contributed by atoms with Gasteiger partial charge in [-0.2, -0.15) is 4.31 Å². The highest BCUT2D eigenvalue weighted by molar-refractivity contribution is 7.91. The molecule has 1 aromatic carbocycles. The quantitative estimate of drug-likeness (QED) is 0.732. The standard InChI is InChI=1S/C14H15Cl2NO2S2/c1-10(12-5-3-4-6-13(12)16)17(2)21(18,19)14-7-11(8-15)9-20-14/h3-7,9-10H,8H2,1-2H3. The van der Waals surface area contributed by atoms with Crippen molar-refractivity contribution in [2.75, 3.05) is 7.05 Å². The Labute approximate surface area is 139 Å². The number of halogens is 2. The Morgan fingerprint density at radius 3 is 2.57 bits per heavy atom. The number of nitrogens with zero attached hydrogens (tertiary/aromatic N) is 1. The van der Waals surface area contributed by atoms with Crippen molar-refractivity contribution in [2.24, 2.45) is 0 Å². The van der Waals surface area contributed by atoms with E-state index in [-0.39, 0.29) is 6.04 Å². The average molecular weight is 364 g/mol. The second kappa shape index (κ2) is 6.67. The number of thiophene rings is 1. The molecule has 0 fully saturated rings. The fourth-order valence-electron chi connectivity index (χ4n) is 1.92. The van der Waals surface area contributed by atoms with Crippen LogP contribution in [0.25, 0.3) is 0 Å². The summed E-state index contributed by atoms with van der Waals surface area (Å²) in [4.78, 5) is 0. The summed E-state index contributed by atoms with van der Waals surface area (Å²) in [5, 5.41) is 2.31. The molecule has 0 saturated heterocycles. The van der Waals surface area contributed by atoms with Crippen LogP contribution in [0.3, 0.4) is 0 Å². The first-order valence-corrected chi connectivity index (χ1v) is 9.47. The molecule has 2 rings (SSSR count). The van der Waals surface area contributed by atoms with E-state index in [2.05, 4.69) is 0 Å². The van der Waals surface area contributed by atoms with Gasteiger partial charge in [-0.3, -0.25) is 0 Å². The van der Waals surface area contributed by atoms with Crippen LogP contribution >= 0.6 is 34.5 Å². The van der Waals surface area contributed by atoms with Gasteiger partial charge >= 0.3 is 0 Å². The van der Waals surface area contributed by atoms with Crippen LogP contribution in [0.15, 0.2) is 39.9 Å². The van der Waals surface area contributed by atoms with Gasteiger partial charge in [0.05, 0.1) is 0 Å². The lowest BCUT2D eigenvalue weighted by Gasteiger charge is -2.24. The second-order valence-corrected chi connectivity index (χ2v) is 8.44. The van der Waals surface area contributed by atoms with E-state index in [1.165, 1.54) is 15.6 Å². The van der Waals surface area contributed by atoms with Gasteiger partial charge in [0.1, 0.15) is 4.21 Å². The third-order valence-corrected chi connectivity index (χ3v) is 7.36. The summed E-state index contributed by atoms with van der Waals surface area (Å²) in [6.07, 6.45) is 0. The van der Waals surface area contributed by atoms with Gasteiger partial charge in [-0.15, -0.1) is 22.9 Å². The molecule has 0 aliphatic rings. The maximum atomic E-state index is 12.6. The Balaban J connectivity index is 2.34. The van der Waals surface area contributed by atoms with Gasteiger partial charge in [-0.05, 0) is 35.6 Å². The maximum Gasteiger partial charge on any atom is 0.252 e. The van der Waals surface area contributed by atoms with Crippen LogP contribution in [-0.4, -0.2) is 19.8 Å². The van der Waals surface area contributed by atoms with Gasteiger partial charge in [-0.1, -0.05) is 29.8 Å². The molecule has 0 saturated carbocycles. The Kier molecular flexibility index (Phi) is 5.33. The lowest BCUT2D eigenvalue weighted by atomic mass is 10.1. The molecular weight excluding hydrogens is 349 g/mol. The van der Waals surface area contributed by atoms with Crippen molar-refractivity contribution in [1.29, 1.82) is 0 Å². The van der Waals surface area contributed by atoms with Gasteiger partial charge < -0.3 is 0 Å². The Bertz CT molecular complexity index is 728. The lowest BCUT2D eigenvalue weighted by molar-refractivity contribution is 0.399. The third kappa shape index (κ3) is 3.43. The largest absolute Gasteiger partial charge is 0.252 e. The zero-order valence-electron chi connectivity index (χ0n) is 11.6. The zero-order chi connectivity index (χ0) is 15.6. The fraction of sp³-hybridized carbons (Fsp3) is 0.286. The average Bonchev–Trinajstić information content (AvgIpc) is 2.96. The summed E-state index contributed by atoms with van der Waals surface area (Å²) >= 11 is 13.1. The van der Waals surface area contributed by atoms with Crippen LogP contribution in [0.1, 0.15) is 24.1 Å². The number of hydrogen-bond donors (Lipinski definition) is 0. The SMILES string of the molecule is CC(c1ccccc1Cl)N(C)S(=O)(=O)c1cc(CCl)cs1. The molecule has 3 nitrogen and oxygen atoms in total. The molecule has 0 aliphatic carbocycles. The number of sulfonamides is 1. The van der Waals surface area contributed by atoms with Crippen LogP contribution in [0.5, 0.6) is 0 Å². The monoisotopic (exact) mass is 363 g/mol.